The van der Waals surface area contributed by atoms with Crippen molar-refractivity contribution in [2.75, 3.05) is 20.6 Å². The van der Waals surface area contributed by atoms with Gasteiger partial charge in [-0.05, 0) is 50.8 Å². The van der Waals surface area contributed by atoms with E-state index in [0.29, 0.717) is 16.7 Å². The molecule has 2 aromatic heterocycles. The van der Waals surface area contributed by atoms with Crippen LogP contribution in [-0.2, 0) is 0 Å². The van der Waals surface area contributed by atoms with E-state index in [1.165, 1.54) is 0 Å². The normalized spacial score (nSPS) is 13.0. The molecule has 1 N–H and O–H groups in total. The first-order valence-corrected chi connectivity index (χ1v) is 7.62. The first-order chi connectivity index (χ1) is 9.99. The largest absolute Gasteiger partial charge is 0.307 e. The van der Waals surface area contributed by atoms with E-state index in [0.717, 1.165) is 24.4 Å². The van der Waals surface area contributed by atoms with Gasteiger partial charge in [0.1, 0.15) is 0 Å². The highest BCUT2D eigenvalue weighted by Gasteiger charge is 2.20. The van der Waals surface area contributed by atoms with E-state index in [2.05, 4.69) is 52.6 Å². The molecule has 0 saturated heterocycles. The maximum Gasteiger partial charge on any atom is 0.195 e. The predicted octanol–water partition coefficient (Wildman–Crippen LogP) is 3.15. The quantitative estimate of drug-likeness (QED) is 0.833. The molecule has 2 heterocycles. The van der Waals surface area contributed by atoms with E-state index in [1.54, 1.807) is 6.20 Å². The van der Waals surface area contributed by atoms with Crippen LogP contribution >= 0.6 is 12.2 Å². The number of aromatic nitrogens is 4. The second kappa shape index (κ2) is 6.95. The predicted molar refractivity (Wildman–Crippen MR) is 87.7 cm³/mol. The first-order valence-electron chi connectivity index (χ1n) is 7.21. The molecule has 0 bridgehead atoms. The Hall–Kier alpha value is -1.53. The van der Waals surface area contributed by atoms with E-state index in [4.69, 9.17) is 12.2 Å². The molecule has 0 aliphatic carbocycles. The summed E-state index contributed by atoms with van der Waals surface area (Å²) in [6, 6.07) is 4.22. The van der Waals surface area contributed by atoms with Gasteiger partial charge in [-0.15, -0.1) is 0 Å². The second-order valence-electron chi connectivity index (χ2n) is 6.01. The Bertz CT molecular complexity index is 604. The number of H-pyrrole nitrogens is 1. The lowest BCUT2D eigenvalue weighted by molar-refractivity contribution is 0.288. The Kier molecular flexibility index (Phi) is 5.25. The van der Waals surface area contributed by atoms with Gasteiger partial charge < -0.3 is 4.90 Å². The van der Waals surface area contributed by atoms with Crippen LogP contribution in [0.1, 0.15) is 26.3 Å². The molecule has 21 heavy (non-hydrogen) atoms. The number of nitrogens with zero attached hydrogens (tertiary/aromatic N) is 4. The molecule has 5 nitrogen and oxygen atoms in total. The van der Waals surface area contributed by atoms with Gasteiger partial charge in [-0.2, -0.15) is 5.10 Å². The van der Waals surface area contributed by atoms with Crippen LogP contribution in [0.3, 0.4) is 0 Å². The minimum absolute atomic E-state index is 0.293. The molecule has 0 aliphatic heterocycles. The summed E-state index contributed by atoms with van der Waals surface area (Å²) in [5.74, 6) is 1.45. The molecule has 2 aromatic rings. The van der Waals surface area contributed by atoms with Gasteiger partial charge in [0.25, 0.3) is 0 Å². The summed E-state index contributed by atoms with van der Waals surface area (Å²) in [6.45, 7) is 5.39. The molecule has 0 radical (unpaired) electrons. The summed E-state index contributed by atoms with van der Waals surface area (Å²) in [6.07, 6.45) is 4.64. The molecule has 0 saturated carbocycles. The zero-order chi connectivity index (χ0) is 15.4. The number of pyridine rings is 1. The Labute approximate surface area is 131 Å². The van der Waals surface area contributed by atoms with Crippen molar-refractivity contribution in [3.63, 3.8) is 0 Å². The smallest absolute Gasteiger partial charge is 0.195 e. The Morgan fingerprint density at radius 1 is 1.38 bits per heavy atom. The molecule has 1 unspecified atom stereocenters. The molecule has 0 amide bonds. The van der Waals surface area contributed by atoms with Crippen molar-refractivity contribution in [2.45, 2.75) is 26.3 Å². The fourth-order valence-corrected chi connectivity index (χ4v) is 2.85. The van der Waals surface area contributed by atoms with Gasteiger partial charge in [-0.25, -0.2) is 0 Å². The lowest BCUT2D eigenvalue weighted by Gasteiger charge is -2.25. The third-order valence-corrected chi connectivity index (χ3v) is 3.60. The minimum atomic E-state index is 0.293. The van der Waals surface area contributed by atoms with Crippen molar-refractivity contribution in [2.24, 2.45) is 5.92 Å². The lowest BCUT2D eigenvalue weighted by atomic mass is 10.0. The maximum atomic E-state index is 5.46. The van der Waals surface area contributed by atoms with Crippen LogP contribution in [0, 0.1) is 10.7 Å². The molecular weight excluding hydrogens is 282 g/mol. The van der Waals surface area contributed by atoms with Crippen LogP contribution in [0.15, 0.2) is 24.5 Å². The topological polar surface area (TPSA) is 49.7 Å². The summed E-state index contributed by atoms with van der Waals surface area (Å²) in [5.41, 5.74) is 0.984. The van der Waals surface area contributed by atoms with Gasteiger partial charge in [0.2, 0.25) is 0 Å². The number of hydrogen-bond acceptors (Lipinski definition) is 4. The third-order valence-electron chi connectivity index (χ3n) is 3.31. The SMILES string of the molecule is CC(C)CC(CN(C)C)n1c(-c2cccnc2)n[nH]c1=S. The highest BCUT2D eigenvalue weighted by atomic mass is 32.1. The monoisotopic (exact) mass is 305 g/mol. The highest BCUT2D eigenvalue weighted by molar-refractivity contribution is 7.71. The molecule has 6 heteroatoms. The van der Waals surface area contributed by atoms with Crippen LogP contribution in [-0.4, -0.2) is 45.3 Å². The lowest BCUT2D eigenvalue weighted by Crippen LogP contribution is -2.26. The van der Waals surface area contributed by atoms with E-state index in [1.807, 2.05) is 18.3 Å². The van der Waals surface area contributed by atoms with Crippen molar-refractivity contribution in [3.05, 3.63) is 29.3 Å². The Morgan fingerprint density at radius 3 is 2.71 bits per heavy atom. The van der Waals surface area contributed by atoms with Gasteiger partial charge in [0, 0.05) is 24.5 Å². The zero-order valence-electron chi connectivity index (χ0n) is 13.1. The summed E-state index contributed by atoms with van der Waals surface area (Å²) < 4.78 is 2.80. The molecule has 1 atom stereocenters. The molecule has 0 aliphatic rings. The average Bonchev–Trinajstić information content (AvgIpc) is 2.80. The average molecular weight is 305 g/mol. The first kappa shape index (κ1) is 15.9. The van der Waals surface area contributed by atoms with E-state index in [-0.39, 0.29) is 0 Å². The van der Waals surface area contributed by atoms with Gasteiger partial charge >= 0.3 is 0 Å². The molecular formula is C15H23N5S. The number of hydrogen-bond donors (Lipinski definition) is 1. The van der Waals surface area contributed by atoms with Gasteiger partial charge in [-0.3, -0.25) is 14.6 Å². The molecule has 0 fully saturated rings. The number of likely N-dealkylation sites (N-methyl/N-ethyl adjacent to an activating group) is 1. The van der Waals surface area contributed by atoms with Crippen LogP contribution in [0.4, 0.5) is 0 Å². The maximum absolute atomic E-state index is 5.46. The molecule has 2 rings (SSSR count). The summed E-state index contributed by atoms with van der Waals surface area (Å²) in [4.78, 5) is 6.37. The molecule has 0 aromatic carbocycles. The third kappa shape index (κ3) is 3.98. The van der Waals surface area contributed by atoms with Gasteiger partial charge in [0.15, 0.2) is 10.6 Å². The van der Waals surface area contributed by atoms with Crippen LogP contribution in [0.25, 0.3) is 11.4 Å². The molecule has 114 valence electrons. The van der Waals surface area contributed by atoms with Crippen LogP contribution < -0.4 is 0 Å². The van der Waals surface area contributed by atoms with E-state index >= 15 is 0 Å². The van der Waals surface area contributed by atoms with E-state index < -0.39 is 0 Å². The van der Waals surface area contributed by atoms with Gasteiger partial charge in [0.05, 0.1) is 6.04 Å². The number of rotatable bonds is 6. The highest BCUT2D eigenvalue weighted by Crippen LogP contribution is 2.25. The van der Waals surface area contributed by atoms with Crippen molar-refractivity contribution in [1.29, 1.82) is 0 Å². The van der Waals surface area contributed by atoms with Crippen LogP contribution in [0.5, 0.6) is 0 Å². The summed E-state index contributed by atoms with van der Waals surface area (Å²) in [7, 11) is 4.17. The van der Waals surface area contributed by atoms with Crippen molar-refractivity contribution >= 4 is 12.2 Å². The number of nitrogens with one attached hydrogen (secondary N) is 1. The van der Waals surface area contributed by atoms with Gasteiger partial charge in [-0.1, -0.05) is 13.8 Å². The zero-order valence-corrected chi connectivity index (χ0v) is 13.9. The fraction of sp³-hybridized carbons (Fsp3) is 0.533. The Morgan fingerprint density at radius 2 is 2.14 bits per heavy atom. The second-order valence-corrected chi connectivity index (χ2v) is 6.40. The van der Waals surface area contributed by atoms with E-state index in [9.17, 15) is 0 Å². The minimum Gasteiger partial charge on any atom is -0.307 e. The standard InChI is InChI=1S/C15H23N5S/c1-11(2)8-13(10-19(3)4)20-14(17-18-15(20)21)12-6-5-7-16-9-12/h5-7,9,11,13H,8,10H2,1-4H3,(H,18,21). The van der Waals surface area contributed by atoms with Crippen molar-refractivity contribution < 1.29 is 0 Å². The number of aromatic amines is 1. The van der Waals surface area contributed by atoms with Crippen molar-refractivity contribution in [1.82, 2.24) is 24.6 Å². The van der Waals surface area contributed by atoms with Crippen molar-refractivity contribution in [3.8, 4) is 11.4 Å². The molecule has 0 spiro atoms. The summed E-state index contributed by atoms with van der Waals surface area (Å²) in [5, 5.41) is 7.34. The van der Waals surface area contributed by atoms with Crippen LogP contribution in [0.2, 0.25) is 0 Å². The fourth-order valence-electron chi connectivity index (χ4n) is 2.57. The summed E-state index contributed by atoms with van der Waals surface area (Å²) >= 11 is 5.46. The Balaban J connectivity index is 2.45.